The maximum Gasteiger partial charge on any atom is 0.305 e. The van der Waals surface area contributed by atoms with Gasteiger partial charge >= 0.3 is 5.97 Å². The van der Waals surface area contributed by atoms with E-state index >= 15 is 0 Å². The summed E-state index contributed by atoms with van der Waals surface area (Å²) in [7, 11) is 0. The number of carbonyl (C=O) groups is 1. The van der Waals surface area contributed by atoms with Crippen molar-refractivity contribution in [2.24, 2.45) is 5.92 Å². The third-order valence-corrected chi connectivity index (χ3v) is 3.82. The van der Waals surface area contributed by atoms with E-state index in [1.165, 1.54) is 25.7 Å². The van der Waals surface area contributed by atoms with E-state index in [0.29, 0.717) is 19.4 Å². The number of ether oxygens (including phenoxy) is 1. The molecule has 0 radical (unpaired) electrons. The molecule has 0 aliphatic carbocycles. The minimum atomic E-state index is -0.577. The van der Waals surface area contributed by atoms with Crippen LogP contribution in [0.2, 0.25) is 0 Å². The zero-order valence-electron chi connectivity index (χ0n) is 15.7. The Morgan fingerprint density at radius 1 is 1.04 bits per heavy atom. The summed E-state index contributed by atoms with van der Waals surface area (Å²) in [5, 5.41) is 10.3. The zero-order valence-corrected chi connectivity index (χ0v) is 15.7. The van der Waals surface area contributed by atoms with Crippen LogP contribution in [0.25, 0.3) is 0 Å². The van der Waals surface area contributed by atoms with E-state index in [-0.39, 0.29) is 11.9 Å². The summed E-state index contributed by atoms with van der Waals surface area (Å²) >= 11 is 0. The number of aliphatic hydroxyl groups is 1. The fourth-order valence-electron chi connectivity index (χ4n) is 2.39. The second-order valence-electron chi connectivity index (χ2n) is 6.00. The van der Waals surface area contributed by atoms with E-state index in [0.717, 1.165) is 12.8 Å². The summed E-state index contributed by atoms with van der Waals surface area (Å²) in [6, 6.07) is 0. The van der Waals surface area contributed by atoms with Gasteiger partial charge in [0.1, 0.15) is 0 Å². The summed E-state index contributed by atoms with van der Waals surface area (Å²) in [6.07, 6.45) is 19.3. The number of allylic oxidation sites excluding steroid dienone is 4. The number of hydrogen-bond donors (Lipinski definition) is 1. The van der Waals surface area contributed by atoms with Gasteiger partial charge < -0.3 is 9.84 Å². The van der Waals surface area contributed by atoms with Crippen molar-refractivity contribution >= 4 is 5.97 Å². The Bertz CT molecular complexity index is 383. The van der Waals surface area contributed by atoms with E-state index in [1.807, 2.05) is 24.3 Å². The highest BCUT2D eigenvalue weighted by Gasteiger charge is 2.15. The van der Waals surface area contributed by atoms with Gasteiger partial charge in [0.15, 0.2) is 0 Å². The van der Waals surface area contributed by atoms with Crippen molar-refractivity contribution in [3.63, 3.8) is 0 Å². The van der Waals surface area contributed by atoms with E-state index in [2.05, 4.69) is 19.9 Å². The molecule has 3 nitrogen and oxygen atoms in total. The normalized spacial score (nSPS) is 14.7. The van der Waals surface area contributed by atoms with Gasteiger partial charge in [-0.05, 0) is 32.6 Å². The van der Waals surface area contributed by atoms with Crippen LogP contribution in [0.1, 0.15) is 72.1 Å². The van der Waals surface area contributed by atoms with Crippen molar-refractivity contribution in [3.8, 4) is 0 Å². The Balaban J connectivity index is 4.29. The molecule has 0 rings (SSSR count). The highest BCUT2D eigenvalue weighted by molar-refractivity contribution is 5.69. The van der Waals surface area contributed by atoms with Crippen LogP contribution in [-0.2, 0) is 9.53 Å². The summed E-state index contributed by atoms with van der Waals surface area (Å²) in [5.41, 5.74) is 0. The van der Waals surface area contributed by atoms with Crippen molar-refractivity contribution < 1.29 is 14.6 Å². The van der Waals surface area contributed by atoms with Crippen molar-refractivity contribution in [2.45, 2.75) is 78.2 Å². The number of rotatable bonds is 14. The summed E-state index contributed by atoms with van der Waals surface area (Å²) in [5.74, 6) is -0.251. The van der Waals surface area contributed by atoms with Crippen LogP contribution in [0.5, 0.6) is 0 Å². The molecule has 138 valence electrons. The van der Waals surface area contributed by atoms with Crippen molar-refractivity contribution in [1.82, 2.24) is 0 Å². The smallest absolute Gasteiger partial charge is 0.305 e. The van der Waals surface area contributed by atoms with Crippen LogP contribution >= 0.6 is 0 Å². The minimum absolute atomic E-state index is 0.0523. The molecule has 0 aromatic carbocycles. The summed E-state index contributed by atoms with van der Waals surface area (Å²) < 4.78 is 4.96. The van der Waals surface area contributed by atoms with Crippen LogP contribution in [0.3, 0.4) is 0 Å². The number of hydrogen-bond acceptors (Lipinski definition) is 3. The average Bonchev–Trinajstić information content (AvgIpc) is 2.57. The summed E-state index contributed by atoms with van der Waals surface area (Å²) in [4.78, 5) is 11.5. The fraction of sp³-hybridized carbons (Fsp3) is 0.667. The van der Waals surface area contributed by atoms with Crippen LogP contribution in [0.4, 0.5) is 0 Å². The molecule has 0 fully saturated rings. The Morgan fingerprint density at radius 2 is 1.83 bits per heavy atom. The molecule has 0 aliphatic rings. The predicted octanol–water partition coefficient (Wildman–Crippen LogP) is 5.36. The SMILES string of the molecule is CC/C=C/[C@H](CCC(=O)OCC)[C@@H](O)/C=C/C=C\CCCCCC. The Labute approximate surface area is 148 Å². The topological polar surface area (TPSA) is 46.5 Å². The molecule has 0 heterocycles. The Hall–Kier alpha value is -1.35. The molecule has 24 heavy (non-hydrogen) atoms. The van der Waals surface area contributed by atoms with Gasteiger partial charge in [0.25, 0.3) is 0 Å². The molecule has 0 spiro atoms. The number of esters is 1. The molecule has 0 aliphatic heterocycles. The molecule has 0 unspecified atom stereocenters. The number of unbranched alkanes of at least 4 members (excludes halogenated alkanes) is 4. The third-order valence-electron chi connectivity index (χ3n) is 3.82. The zero-order chi connectivity index (χ0) is 18.0. The molecular weight excluding hydrogens is 300 g/mol. The molecule has 3 heteroatoms. The van der Waals surface area contributed by atoms with Crippen LogP contribution in [0.15, 0.2) is 36.5 Å². The van der Waals surface area contributed by atoms with Gasteiger partial charge in [-0.15, -0.1) is 0 Å². The predicted molar refractivity (Wildman–Crippen MR) is 102 cm³/mol. The average molecular weight is 337 g/mol. The Kier molecular flexibility index (Phi) is 15.6. The van der Waals surface area contributed by atoms with Crippen molar-refractivity contribution in [3.05, 3.63) is 36.5 Å². The molecule has 0 bridgehead atoms. The molecule has 0 aromatic heterocycles. The van der Waals surface area contributed by atoms with Crippen LogP contribution in [-0.4, -0.2) is 23.8 Å². The van der Waals surface area contributed by atoms with E-state index in [4.69, 9.17) is 4.74 Å². The first-order chi connectivity index (χ1) is 11.7. The van der Waals surface area contributed by atoms with Gasteiger partial charge in [0.2, 0.25) is 0 Å². The standard InChI is InChI=1S/C21H36O3/c1-4-7-9-10-11-12-13-14-16-20(22)19(15-8-5-2)17-18-21(23)24-6-3/h8,12-16,19-20,22H,4-7,9-11,17-18H2,1-3H3/b13-12-,15-8+,16-14+/t19-,20+/m1/s1. The fourth-order valence-corrected chi connectivity index (χ4v) is 2.39. The third kappa shape index (κ3) is 13.1. The number of carbonyl (C=O) groups excluding carboxylic acids is 1. The van der Waals surface area contributed by atoms with E-state index in [1.54, 1.807) is 13.0 Å². The van der Waals surface area contributed by atoms with Gasteiger partial charge in [0, 0.05) is 12.3 Å². The lowest BCUT2D eigenvalue weighted by Gasteiger charge is -2.16. The second-order valence-corrected chi connectivity index (χ2v) is 6.00. The second kappa shape index (κ2) is 16.5. The first-order valence-electron chi connectivity index (χ1n) is 9.49. The first kappa shape index (κ1) is 22.6. The molecular formula is C21H36O3. The van der Waals surface area contributed by atoms with E-state index < -0.39 is 6.10 Å². The molecule has 0 amide bonds. The molecule has 2 atom stereocenters. The van der Waals surface area contributed by atoms with Gasteiger partial charge in [-0.25, -0.2) is 0 Å². The monoisotopic (exact) mass is 336 g/mol. The lowest BCUT2D eigenvalue weighted by atomic mass is 9.95. The lowest BCUT2D eigenvalue weighted by Crippen LogP contribution is -2.18. The molecule has 1 N–H and O–H groups in total. The highest BCUT2D eigenvalue weighted by atomic mass is 16.5. The number of aliphatic hydroxyl groups excluding tert-OH is 1. The molecule has 0 saturated heterocycles. The van der Waals surface area contributed by atoms with Gasteiger partial charge in [0.05, 0.1) is 12.7 Å². The first-order valence-corrected chi connectivity index (χ1v) is 9.49. The van der Waals surface area contributed by atoms with Gasteiger partial charge in [-0.2, -0.15) is 0 Å². The summed E-state index contributed by atoms with van der Waals surface area (Å²) in [6.45, 7) is 6.48. The maximum absolute atomic E-state index is 11.5. The largest absolute Gasteiger partial charge is 0.466 e. The molecule has 0 aromatic rings. The van der Waals surface area contributed by atoms with Crippen molar-refractivity contribution in [1.29, 1.82) is 0 Å². The van der Waals surface area contributed by atoms with Gasteiger partial charge in [-0.3, -0.25) is 4.79 Å². The maximum atomic E-state index is 11.5. The quantitative estimate of drug-likeness (QED) is 0.201. The highest BCUT2D eigenvalue weighted by Crippen LogP contribution is 2.16. The van der Waals surface area contributed by atoms with Gasteiger partial charge in [-0.1, -0.05) is 69.6 Å². The molecule has 0 saturated carbocycles. The van der Waals surface area contributed by atoms with Crippen LogP contribution in [0, 0.1) is 5.92 Å². The van der Waals surface area contributed by atoms with E-state index in [9.17, 15) is 9.90 Å². The van der Waals surface area contributed by atoms with Crippen molar-refractivity contribution in [2.75, 3.05) is 6.61 Å². The minimum Gasteiger partial charge on any atom is -0.466 e. The Morgan fingerprint density at radius 3 is 2.50 bits per heavy atom. The lowest BCUT2D eigenvalue weighted by molar-refractivity contribution is -0.143. The van der Waals surface area contributed by atoms with Crippen LogP contribution < -0.4 is 0 Å².